The number of nitrogens with one attached hydrogen (secondary N) is 1. The summed E-state index contributed by atoms with van der Waals surface area (Å²) in [4.78, 5) is 0. The van der Waals surface area contributed by atoms with Crippen molar-refractivity contribution in [3.05, 3.63) is 33.3 Å². The number of hydrogen-bond donors (Lipinski definition) is 1. The number of aromatic nitrogens is 3. The van der Waals surface area contributed by atoms with Gasteiger partial charge < -0.3 is 4.57 Å². The molecule has 2 rings (SSSR count). The molecule has 0 saturated carbocycles. The second-order valence-electron chi connectivity index (χ2n) is 3.63. The van der Waals surface area contributed by atoms with Crippen LogP contribution in [-0.2, 0) is 6.54 Å². The molecule has 3 nitrogen and oxygen atoms in total. The highest BCUT2D eigenvalue weighted by atomic mass is 79.9. The summed E-state index contributed by atoms with van der Waals surface area (Å²) in [6.07, 6.45) is 0.962. The highest BCUT2D eigenvalue weighted by Gasteiger charge is 2.09. The Morgan fingerprint density at radius 3 is 2.94 bits per heavy atom. The summed E-state index contributed by atoms with van der Waals surface area (Å²) >= 11 is 8.32. The maximum Gasteiger partial charge on any atom is 0.195 e. The van der Waals surface area contributed by atoms with Gasteiger partial charge in [-0.05, 0) is 52.8 Å². The standard InChI is InChI=1S/C11H11BrFN3S/c1-2-5-16-10(14-15-11(16)17)7-3-4-9(13)8(12)6-7/h3-4,6H,2,5H2,1H3,(H,15,17). The molecule has 1 aromatic carbocycles. The van der Waals surface area contributed by atoms with Crippen molar-refractivity contribution in [3.63, 3.8) is 0 Å². The second kappa shape index (κ2) is 5.10. The quantitative estimate of drug-likeness (QED) is 0.871. The van der Waals surface area contributed by atoms with E-state index in [9.17, 15) is 4.39 Å². The molecule has 6 heteroatoms. The van der Waals surface area contributed by atoms with Gasteiger partial charge in [0.15, 0.2) is 10.6 Å². The normalized spacial score (nSPS) is 10.8. The Morgan fingerprint density at radius 2 is 2.29 bits per heavy atom. The van der Waals surface area contributed by atoms with Crippen LogP contribution in [0, 0.1) is 10.6 Å². The van der Waals surface area contributed by atoms with Crippen molar-refractivity contribution in [2.45, 2.75) is 19.9 Å². The Morgan fingerprint density at radius 1 is 1.53 bits per heavy atom. The van der Waals surface area contributed by atoms with Crippen LogP contribution >= 0.6 is 28.1 Å². The van der Waals surface area contributed by atoms with Crippen molar-refractivity contribution >= 4 is 28.1 Å². The molecule has 1 heterocycles. The largest absolute Gasteiger partial charge is 0.300 e. The number of hydrogen-bond acceptors (Lipinski definition) is 2. The molecule has 1 N–H and O–H groups in total. The van der Waals surface area contributed by atoms with Gasteiger partial charge in [-0.25, -0.2) is 4.39 Å². The molecule has 0 atom stereocenters. The van der Waals surface area contributed by atoms with E-state index in [1.165, 1.54) is 6.07 Å². The molecule has 0 saturated heterocycles. The molecule has 0 aliphatic carbocycles. The third-order valence-corrected chi connectivity index (χ3v) is 3.30. The molecule has 1 aromatic heterocycles. The van der Waals surface area contributed by atoms with Gasteiger partial charge in [-0.1, -0.05) is 6.92 Å². The lowest BCUT2D eigenvalue weighted by molar-refractivity contribution is 0.621. The third-order valence-electron chi connectivity index (χ3n) is 2.38. The van der Waals surface area contributed by atoms with E-state index in [0.717, 1.165) is 24.4 Å². The smallest absolute Gasteiger partial charge is 0.195 e. The van der Waals surface area contributed by atoms with Crippen molar-refractivity contribution in [1.29, 1.82) is 0 Å². The summed E-state index contributed by atoms with van der Waals surface area (Å²) in [7, 11) is 0. The maximum atomic E-state index is 13.2. The number of nitrogens with zero attached hydrogens (tertiary/aromatic N) is 2. The monoisotopic (exact) mass is 315 g/mol. The van der Waals surface area contributed by atoms with E-state index in [-0.39, 0.29) is 5.82 Å². The summed E-state index contributed by atoms with van der Waals surface area (Å²) in [5.74, 6) is 0.447. The maximum absolute atomic E-state index is 13.2. The van der Waals surface area contributed by atoms with Crippen LogP contribution in [0.5, 0.6) is 0 Å². The first-order valence-corrected chi connectivity index (χ1v) is 6.44. The van der Waals surface area contributed by atoms with E-state index in [0.29, 0.717) is 9.24 Å². The lowest BCUT2D eigenvalue weighted by Crippen LogP contribution is -2.00. The van der Waals surface area contributed by atoms with E-state index in [2.05, 4.69) is 33.1 Å². The average molecular weight is 316 g/mol. The predicted molar refractivity (Wildman–Crippen MR) is 70.8 cm³/mol. The van der Waals surface area contributed by atoms with Crippen LogP contribution in [0.3, 0.4) is 0 Å². The zero-order valence-corrected chi connectivity index (χ0v) is 11.6. The van der Waals surface area contributed by atoms with Crippen LogP contribution in [-0.4, -0.2) is 14.8 Å². The van der Waals surface area contributed by atoms with Crippen LogP contribution in [0.15, 0.2) is 22.7 Å². The molecule has 90 valence electrons. The Hall–Kier alpha value is -1.01. The first-order valence-electron chi connectivity index (χ1n) is 5.24. The van der Waals surface area contributed by atoms with E-state index in [1.807, 2.05) is 4.57 Å². The fourth-order valence-corrected chi connectivity index (χ4v) is 2.21. The number of rotatable bonds is 3. The molecule has 0 aliphatic rings. The van der Waals surface area contributed by atoms with Crippen LogP contribution in [0.1, 0.15) is 13.3 Å². The van der Waals surface area contributed by atoms with Gasteiger partial charge in [-0.15, -0.1) is 0 Å². The van der Waals surface area contributed by atoms with Crippen molar-refractivity contribution in [3.8, 4) is 11.4 Å². The first-order chi connectivity index (χ1) is 8.13. The SMILES string of the molecule is CCCn1c(-c2ccc(F)c(Br)c2)n[nH]c1=S. The van der Waals surface area contributed by atoms with Crippen LogP contribution in [0.25, 0.3) is 11.4 Å². The molecule has 0 fully saturated rings. The van der Waals surface area contributed by atoms with Gasteiger partial charge in [-0.3, -0.25) is 5.10 Å². The van der Waals surface area contributed by atoms with E-state index < -0.39 is 0 Å². The summed E-state index contributed by atoms with van der Waals surface area (Å²) in [6.45, 7) is 2.86. The third kappa shape index (κ3) is 2.47. The van der Waals surface area contributed by atoms with Crippen LogP contribution in [0.2, 0.25) is 0 Å². The lowest BCUT2D eigenvalue weighted by atomic mass is 10.2. The molecular weight excluding hydrogens is 305 g/mol. The fourth-order valence-electron chi connectivity index (χ4n) is 1.60. The molecule has 0 bridgehead atoms. The minimum Gasteiger partial charge on any atom is -0.300 e. The van der Waals surface area contributed by atoms with Gasteiger partial charge in [0.2, 0.25) is 0 Å². The summed E-state index contributed by atoms with van der Waals surface area (Å²) < 4.78 is 16.1. The predicted octanol–water partition coefficient (Wildman–Crippen LogP) is 3.92. The Labute approximate surface area is 112 Å². The Kier molecular flexibility index (Phi) is 3.73. The van der Waals surface area contributed by atoms with Gasteiger partial charge in [-0.2, -0.15) is 5.10 Å². The van der Waals surface area contributed by atoms with Crippen molar-refractivity contribution in [1.82, 2.24) is 14.8 Å². The van der Waals surface area contributed by atoms with Crippen molar-refractivity contribution in [2.75, 3.05) is 0 Å². The molecule has 0 aliphatic heterocycles. The van der Waals surface area contributed by atoms with Gasteiger partial charge in [0.05, 0.1) is 4.47 Å². The number of halogens is 2. The molecular formula is C11H11BrFN3S. The van der Waals surface area contributed by atoms with Gasteiger partial charge in [0, 0.05) is 12.1 Å². The Bertz CT molecular complexity index is 591. The summed E-state index contributed by atoms with van der Waals surface area (Å²) in [5, 5.41) is 6.94. The van der Waals surface area contributed by atoms with Crippen LogP contribution < -0.4 is 0 Å². The highest BCUT2D eigenvalue weighted by molar-refractivity contribution is 9.10. The number of benzene rings is 1. The zero-order chi connectivity index (χ0) is 12.4. The van der Waals surface area contributed by atoms with E-state index in [1.54, 1.807) is 12.1 Å². The second-order valence-corrected chi connectivity index (χ2v) is 4.87. The highest BCUT2D eigenvalue weighted by Crippen LogP contribution is 2.24. The molecule has 2 aromatic rings. The van der Waals surface area contributed by atoms with E-state index >= 15 is 0 Å². The van der Waals surface area contributed by atoms with Crippen molar-refractivity contribution in [2.24, 2.45) is 0 Å². The average Bonchev–Trinajstić information content (AvgIpc) is 2.66. The molecule has 17 heavy (non-hydrogen) atoms. The van der Waals surface area contributed by atoms with Crippen molar-refractivity contribution < 1.29 is 4.39 Å². The zero-order valence-electron chi connectivity index (χ0n) is 9.20. The van der Waals surface area contributed by atoms with Gasteiger partial charge >= 0.3 is 0 Å². The Balaban J connectivity index is 2.52. The number of aromatic amines is 1. The minimum atomic E-state index is -0.287. The van der Waals surface area contributed by atoms with Crippen LogP contribution in [0.4, 0.5) is 4.39 Å². The summed E-state index contributed by atoms with van der Waals surface area (Å²) in [6, 6.07) is 4.80. The topological polar surface area (TPSA) is 33.6 Å². The lowest BCUT2D eigenvalue weighted by Gasteiger charge is -2.05. The molecule has 0 unspecified atom stereocenters. The number of H-pyrrole nitrogens is 1. The summed E-state index contributed by atoms with van der Waals surface area (Å²) in [5.41, 5.74) is 0.832. The fraction of sp³-hybridized carbons (Fsp3) is 0.273. The first kappa shape index (κ1) is 12.4. The molecule has 0 amide bonds. The molecule has 0 spiro atoms. The van der Waals surface area contributed by atoms with Gasteiger partial charge in [0.25, 0.3) is 0 Å². The minimum absolute atomic E-state index is 0.287. The van der Waals surface area contributed by atoms with Gasteiger partial charge in [0.1, 0.15) is 5.82 Å². The van der Waals surface area contributed by atoms with E-state index in [4.69, 9.17) is 12.2 Å². The molecule has 0 radical (unpaired) electrons.